The Labute approximate surface area is 177 Å². The van der Waals surface area contributed by atoms with Crippen molar-refractivity contribution >= 4 is 0 Å². The molecule has 0 saturated heterocycles. The second kappa shape index (κ2) is 8.38. The Morgan fingerprint density at radius 1 is 0.793 bits per heavy atom. The van der Waals surface area contributed by atoms with Crippen LogP contribution in [0.15, 0.2) is 0 Å². The van der Waals surface area contributed by atoms with Gasteiger partial charge in [0.2, 0.25) is 0 Å². The Morgan fingerprint density at radius 3 is 1.76 bits per heavy atom. The van der Waals surface area contributed by atoms with E-state index in [1.807, 2.05) is 0 Å². The van der Waals surface area contributed by atoms with Crippen molar-refractivity contribution in [1.29, 1.82) is 0 Å². The molecule has 4 rings (SSSR count). The van der Waals surface area contributed by atoms with Crippen molar-refractivity contribution in [3.8, 4) is 0 Å². The Bertz CT molecular complexity index is 519. The Balaban J connectivity index is 1.95. The van der Waals surface area contributed by atoms with Crippen molar-refractivity contribution in [3.05, 3.63) is 0 Å². The molecule has 4 aliphatic rings. The van der Waals surface area contributed by atoms with Gasteiger partial charge in [0.1, 0.15) is 6.79 Å². The molecule has 0 aromatic rings. The van der Waals surface area contributed by atoms with Crippen LogP contribution >= 0.6 is 0 Å². The summed E-state index contributed by atoms with van der Waals surface area (Å²) in [7, 11) is 1.67. The number of hydrogen-bond acceptors (Lipinski definition) is 5. The van der Waals surface area contributed by atoms with Crippen LogP contribution in [0.3, 0.4) is 0 Å². The van der Waals surface area contributed by atoms with Crippen molar-refractivity contribution in [1.82, 2.24) is 0 Å². The second-order valence-corrected chi connectivity index (χ2v) is 10.4. The summed E-state index contributed by atoms with van der Waals surface area (Å²) >= 11 is 0. The fourth-order valence-corrected chi connectivity index (χ4v) is 7.92. The summed E-state index contributed by atoms with van der Waals surface area (Å²) in [6.07, 6.45) is 8.85. The van der Waals surface area contributed by atoms with Gasteiger partial charge in [-0.15, -0.1) is 0 Å². The quantitative estimate of drug-likeness (QED) is 0.366. The second-order valence-electron chi connectivity index (χ2n) is 10.4. The van der Waals surface area contributed by atoms with Gasteiger partial charge < -0.3 is 24.4 Å². The molecule has 5 nitrogen and oxygen atoms in total. The van der Waals surface area contributed by atoms with E-state index in [2.05, 4.69) is 27.7 Å². The van der Waals surface area contributed by atoms with Gasteiger partial charge in [-0.3, -0.25) is 0 Å². The third-order valence-corrected chi connectivity index (χ3v) is 9.21. The van der Waals surface area contributed by atoms with Crippen molar-refractivity contribution in [2.75, 3.05) is 27.1 Å². The van der Waals surface area contributed by atoms with Gasteiger partial charge >= 0.3 is 0 Å². The lowest BCUT2D eigenvalue weighted by Gasteiger charge is -2.72. The van der Waals surface area contributed by atoms with Crippen LogP contribution in [0.4, 0.5) is 0 Å². The van der Waals surface area contributed by atoms with E-state index in [-0.39, 0.29) is 23.2 Å². The van der Waals surface area contributed by atoms with Gasteiger partial charge in [-0.25, -0.2) is 0 Å². The summed E-state index contributed by atoms with van der Waals surface area (Å²) in [5.74, 6) is 0.500. The van der Waals surface area contributed by atoms with Crippen LogP contribution in [0.25, 0.3) is 0 Å². The summed E-state index contributed by atoms with van der Waals surface area (Å²) in [4.78, 5) is 0. The molecule has 0 aliphatic heterocycles. The van der Waals surface area contributed by atoms with Crippen LogP contribution in [0, 0.1) is 16.7 Å². The highest BCUT2D eigenvalue weighted by molar-refractivity contribution is 5.22. The Kier molecular flexibility index (Phi) is 6.78. The van der Waals surface area contributed by atoms with Gasteiger partial charge in [0, 0.05) is 17.9 Å². The molecule has 0 spiro atoms. The minimum atomic E-state index is -0.703. The van der Waals surface area contributed by atoms with E-state index < -0.39 is 11.2 Å². The molecule has 2 unspecified atom stereocenters. The first-order valence-corrected chi connectivity index (χ1v) is 11.9. The molecule has 4 bridgehead atoms. The van der Waals surface area contributed by atoms with E-state index in [1.165, 1.54) is 0 Å². The molecule has 170 valence electrons. The molecule has 4 aliphatic carbocycles. The van der Waals surface area contributed by atoms with E-state index >= 15 is 0 Å². The number of methoxy groups -OCH3 is 1. The monoisotopic (exact) mass is 412 g/mol. The zero-order valence-corrected chi connectivity index (χ0v) is 19.4. The Morgan fingerprint density at radius 2 is 1.31 bits per heavy atom. The van der Waals surface area contributed by atoms with E-state index in [0.29, 0.717) is 19.1 Å². The van der Waals surface area contributed by atoms with E-state index in [9.17, 15) is 10.2 Å². The van der Waals surface area contributed by atoms with Crippen LogP contribution in [-0.4, -0.2) is 54.1 Å². The van der Waals surface area contributed by atoms with Crippen LogP contribution in [0.5, 0.6) is 0 Å². The molecule has 0 aromatic heterocycles. The maximum absolute atomic E-state index is 11.8. The summed E-state index contributed by atoms with van der Waals surface area (Å²) in [6.45, 7) is 9.79. The van der Waals surface area contributed by atoms with E-state index in [1.54, 1.807) is 7.11 Å². The van der Waals surface area contributed by atoms with Crippen LogP contribution < -0.4 is 0 Å². The van der Waals surface area contributed by atoms with Gasteiger partial charge in [0.05, 0.1) is 30.0 Å². The van der Waals surface area contributed by atoms with Crippen molar-refractivity contribution < 1.29 is 24.4 Å². The van der Waals surface area contributed by atoms with Crippen molar-refractivity contribution in [3.63, 3.8) is 0 Å². The molecule has 4 fully saturated rings. The van der Waals surface area contributed by atoms with Crippen LogP contribution in [0.2, 0.25) is 0 Å². The third-order valence-electron chi connectivity index (χ3n) is 9.21. The highest BCUT2D eigenvalue weighted by atomic mass is 16.7. The highest BCUT2D eigenvalue weighted by Gasteiger charge is 2.71. The fraction of sp³-hybridized carbons (Fsp3) is 1.00. The molecule has 0 aromatic carbocycles. The first kappa shape index (κ1) is 23.5. The van der Waals surface area contributed by atoms with Crippen molar-refractivity contribution in [2.45, 2.75) is 109 Å². The molecular formula is C24H44O5. The Hall–Kier alpha value is -0.200. The summed E-state index contributed by atoms with van der Waals surface area (Å²) in [6, 6.07) is 0. The van der Waals surface area contributed by atoms with Gasteiger partial charge in [-0.1, -0.05) is 27.7 Å². The molecule has 0 amide bonds. The number of ether oxygens (including phenoxy) is 3. The number of rotatable bonds is 12. The normalized spacial score (nSPS) is 36.7. The molecule has 2 atom stereocenters. The molecule has 2 N–H and O–H groups in total. The maximum Gasteiger partial charge on any atom is 0.147 e. The third kappa shape index (κ3) is 3.69. The maximum atomic E-state index is 11.8. The molecule has 4 saturated carbocycles. The standard InChI is InChI=1S/C24H44O5/c1-6-23(25,7-2)20-12-19-13-21(15-20,24(26,8-3)9-4)17-22(14-19,16-20)29-18-28-11-10-27-5/h19,25-26H,6-18H2,1-5H3. The largest absolute Gasteiger partial charge is 0.389 e. The molecule has 0 heterocycles. The topological polar surface area (TPSA) is 68.2 Å². The molecule has 5 heteroatoms. The van der Waals surface area contributed by atoms with E-state index in [0.717, 1.165) is 64.2 Å². The number of hydrogen-bond donors (Lipinski definition) is 2. The first-order valence-electron chi connectivity index (χ1n) is 11.9. The van der Waals surface area contributed by atoms with Crippen LogP contribution in [-0.2, 0) is 14.2 Å². The smallest absolute Gasteiger partial charge is 0.147 e. The molecule has 29 heavy (non-hydrogen) atoms. The predicted octanol–water partition coefficient (Wildman–Crippen LogP) is 4.43. The zero-order valence-electron chi connectivity index (χ0n) is 19.4. The molecular weight excluding hydrogens is 368 g/mol. The van der Waals surface area contributed by atoms with E-state index in [4.69, 9.17) is 14.2 Å². The average Bonchev–Trinajstić information content (AvgIpc) is 2.71. The van der Waals surface area contributed by atoms with Gasteiger partial charge in [0.25, 0.3) is 0 Å². The van der Waals surface area contributed by atoms with Crippen LogP contribution in [0.1, 0.15) is 91.9 Å². The van der Waals surface area contributed by atoms with Gasteiger partial charge in [-0.05, 0) is 70.1 Å². The summed E-state index contributed by atoms with van der Waals surface area (Å²) in [5.41, 5.74) is -2.07. The lowest BCUT2D eigenvalue weighted by molar-refractivity contribution is -0.315. The van der Waals surface area contributed by atoms with Gasteiger partial charge in [-0.2, -0.15) is 0 Å². The minimum absolute atomic E-state index is 0.180. The summed E-state index contributed by atoms with van der Waals surface area (Å²) in [5, 5.41) is 23.6. The average molecular weight is 413 g/mol. The molecule has 0 radical (unpaired) electrons. The minimum Gasteiger partial charge on any atom is -0.389 e. The predicted molar refractivity (Wildman–Crippen MR) is 114 cm³/mol. The van der Waals surface area contributed by atoms with Crippen molar-refractivity contribution in [2.24, 2.45) is 16.7 Å². The zero-order chi connectivity index (χ0) is 21.4. The lowest BCUT2D eigenvalue weighted by atomic mass is 9.36. The summed E-state index contributed by atoms with van der Waals surface area (Å²) < 4.78 is 17.3. The SMILES string of the molecule is CCC(O)(CC)C12CC3CC(OCOCCOC)(C1)CC(C(O)(CC)CC)(C3)C2. The lowest BCUT2D eigenvalue weighted by Crippen LogP contribution is -2.71. The fourth-order valence-electron chi connectivity index (χ4n) is 7.92. The highest BCUT2D eigenvalue weighted by Crippen LogP contribution is 2.73. The first-order chi connectivity index (χ1) is 13.7. The van der Waals surface area contributed by atoms with Gasteiger partial charge in [0.15, 0.2) is 0 Å². The number of aliphatic hydroxyl groups is 2.